The van der Waals surface area contributed by atoms with Gasteiger partial charge in [-0.05, 0) is 36.9 Å². The highest BCUT2D eigenvalue weighted by atomic mass is 16.5. The Balaban J connectivity index is 1.96. The normalized spacial score (nSPS) is 19.6. The molecule has 0 saturated carbocycles. The summed E-state index contributed by atoms with van der Waals surface area (Å²) < 4.78 is 6.05. The van der Waals surface area contributed by atoms with E-state index in [0.29, 0.717) is 6.04 Å². The van der Waals surface area contributed by atoms with Gasteiger partial charge in [0.1, 0.15) is 0 Å². The van der Waals surface area contributed by atoms with E-state index in [4.69, 9.17) is 4.74 Å². The zero-order valence-corrected chi connectivity index (χ0v) is 13.0. The average molecular weight is 275 g/mol. The Morgan fingerprint density at radius 2 is 2.10 bits per heavy atom. The third kappa shape index (κ3) is 4.32. The van der Waals surface area contributed by atoms with E-state index >= 15 is 0 Å². The van der Waals surface area contributed by atoms with Crippen LogP contribution in [0.3, 0.4) is 0 Å². The molecule has 0 saturated heterocycles. The Morgan fingerprint density at radius 1 is 1.25 bits per heavy atom. The number of rotatable bonds is 8. The van der Waals surface area contributed by atoms with E-state index in [1.165, 1.54) is 36.8 Å². The summed E-state index contributed by atoms with van der Waals surface area (Å²) in [6, 6.07) is 9.37. The van der Waals surface area contributed by atoms with Gasteiger partial charge in [0.25, 0.3) is 0 Å². The van der Waals surface area contributed by atoms with Crippen molar-refractivity contribution in [2.45, 2.75) is 64.5 Å². The largest absolute Gasteiger partial charge is 0.373 e. The summed E-state index contributed by atoms with van der Waals surface area (Å²) in [4.78, 5) is 0. The molecule has 0 aliphatic carbocycles. The Hall–Kier alpha value is -0.860. The maximum absolute atomic E-state index is 6.05. The van der Waals surface area contributed by atoms with Crippen LogP contribution in [-0.4, -0.2) is 19.2 Å². The molecule has 20 heavy (non-hydrogen) atoms. The smallest absolute Gasteiger partial charge is 0.0842 e. The number of fused-ring (bicyclic) bond motifs is 1. The van der Waals surface area contributed by atoms with Gasteiger partial charge in [0, 0.05) is 6.04 Å². The molecule has 0 fully saturated rings. The van der Waals surface area contributed by atoms with Crippen LogP contribution in [0.1, 0.15) is 63.2 Å². The molecule has 2 unspecified atom stereocenters. The predicted octanol–water partition coefficient (Wildman–Crippen LogP) is 4.25. The minimum atomic E-state index is 0.283. The van der Waals surface area contributed by atoms with Crippen LogP contribution in [-0.2, 0) is 11.2 Å². The Bertz CT molecular complexity index is 391. The minimum Gasteiger partial charge on any atom is -0.373 e. The van der Waals surface area contributed by atoms with Gasteiger partial charge in [0.15, 0.2) is 0 Å². The van der Waals surface area contributed by atoms with Gasteiger partial charge in [-0.3, -0.25) is 0 Å². The summed E-state index contributed by atoms with van der Waals surface area (Å²) in [5, 5.41) is 3.64. The fourth-order valence-corrected chi connectivity index (χ4v) is 3.16. The molecule has 0 amide bonds. The lowest BCUT2D eigenvalue weighted by Crippen LogP contribution is -2.32. The molecule has 1 aliphatic rings. The maximum atomic E-state index is 6.05. The Morgan fingerprint density at radius 3 is 2.90 bits per heavy atom. The lowest BCUT2D eigenvalue weighted by molar-refractivity contribution is 0.0288. The standard InChI is InChI=1S/C18H29NO/c1-3-5-6-10-16(19-4-2)14-18-17-11-8-7-9-15(17)12-13-20-18/h7-9,11,16,18-19H,3-6,10,12-14H2,1-2H3. The van der Waals surface area contributed by atoms with E-state index in [-0.39, 0.29) is 6.10 Å². The highest BCUT2D eigenvalue weighted by Gasteiger charge is 2.23. The van der Waals surface area contributed by atoms with Crippen molar-refractivity contribution >= 4 is 0 Å². The summed E-state index contributed by atoms with van der Waals surface area (Å²) in [5.74, 6) is 0. The second kappa shape index (κ2) is 8.43. The fourth-order valence-electron chi connectivity index (χ4n) is 3.16. The first-order valence-electron chi connectivity index (χ1n) is 8.28. The van der Waals surface area contributed by atoms with Crippen molar-refractivity contribution in [3.8, 4) is 0 Å². The molecular formula is C18H29NO. The molecule has 0 aromatic heterocycles. The zero-order valence-electron chi connectivity index (χ0n) is 13.0. The zero-order chi connectivity index (χ0) is 14.2. The first-order valence-corrected chi connectivity index (χ1v) is 8.28. The molecule has 2 atom stereocenters. The number of ether oxygens (including phenoxy) is 1. The molecule has 1 N–H and O–H groups in total. The molecule has 1 heterocycles. The number of unbranched alkanes of at least 4 members (excludes halogenated alkanes) is 2. The van der Waals surface area contributed by atoms with Crippen molar-refractivity contribution < 1.29 is 4.74 Å². The lowest BCUT2D eigenvalue weighted by atomic mass is 9.92. The highest BCUT2D eigenvalue weighted by Crippen LogP contribution is 2.31. The highest BCUT2D eigenvalue weighted by molar-refractivity contribution is 5.31. The van der Waals surface area contributed by atoms with Gasteiger partial charge in [-0.2, -0.15) is 0 Å². The van der Waals surface area contributed by atoms with E-state index < -0.39 is 0 Å². The van der Waals surface area contributed by atoms with Crippen LogP contribution in [0.5, 0.6) is 0 Å². The van der Waals surface area contributed by atoms with Crippen molar-refractivity contribution in [1.82, 2.24) is 5.32 Å². The summed E-state index contributed by atoms with van der Waals surface area (Å²) in [6.45, 7) is 6.38. The molecule has 1 aliphatic heterocycles. The van der Waals surface area contributed by atoms with Crippen LogP contribution >= 0.6 is 0 Å². The van der Waals surface area contributed by atoms with Gasteiger partial charge in [-0.25, -0.2) is 0 Å². The summed E-state index contributed by atoms with van der Waals surface area (Å²) >= 11 is 0. The summed E-state index contributed by atoms with van der Waals surface area (Å²) in [7, 11) is 0. The van der Waals surface area contributed by atoms with Crippen molar-refractivity contribution in [1.29, 1.82) is 0 Å². The fraction of sp³-hybridized carbons (Fsp3) is 0.667. The lowest BCUT2D eigenvalue weighted by Gasteiger charge is -2.29. The van der Waals surface area contributed by atoms with Gasteiger partial charge in [0.2, 0.25) is 0 Å². The quantitative estimate of drug-likeness (QED) is 0.716. The molecule has 0 bridgehead atoms. The van der Waals surface area contributed by atoms with Crippen molar-refractivity contribution in [2.75, 3.05) is 13.2 Å². The molecule has 112 valence electrons. The summed E-state index contributed by atoms with van der Waals surface area (Å²) in [6.07, 6.45) is 7.67. The van der Waals surface area contributed by atoms with Crippen LogP contribution in [0.15, 0.2) is 24.3 Å². The van der Waals surface area contributed by atoms with Gasteiger partial charge in [0.05, 0.1) is 12.7 Å². The number of hydrogen-bond donors (Lipinski definition) is 1. The van der Waals surface area contributed by atoms with Gasteiger partial charge in [-0.1, -0.05) is 57.4 Å². The number of hydrogen-bond acceptors (Lipinski definition) is 2. The second-order valence-corrected chi connectivity index (χ2v) is 5.79. The van der Waals surface area contributed by atoms with E-state index in [9.17, 15) is 0 Å². The molecule has 2 heteroatoms. The van der Waals surface area contributed by atoms with Crippen molar-refractivity contribution in [3.05, 3.63) is 35.4 Å². The summed E-state index contributed by atoms with van der Waals surface area (Å²) in [5.41, 5.74) is 2.89. The first-order chi connectivity index (χ1) is 9.85. The van der Waals surface area contributed by atoms with Gasteiger partial charge >= 0.3 is 0 Å². The van der Waals surface area contributed by atoms with Crippen LogP contribution in [0.25, 0.3) is 0 Å². The SMILES string of the molecule is CCCCCC(CC1OCCc2ccccc21)NCC. The molecule has 2 rings (SSSR count). The topological polar surface area (TPSA) is 21.3 Å². The molecular weight excluding hydrogens is 246 g/mol. The van der Waals surface area contributed by atoms with E-state index in [0.717, 1.165) is 26.0 Å². The van der Waals surface area contributed by atoms with Crippen LogP contribution in [0.4, 0.5) is 0 Å². The second-order valence-electron chi connectivity index (χ2n) is 5.79. The average Bonchev–Trinajstić information content (AvgIpc) is 2.48. The maximum Gasteiger partial charge on any atom is 0.0842 e. The van der Waals surface area contributed by atoms with Gasteiger partial charge < -0.3 is 10.1 Å². The Labute approximate surface area is 123 Å². The molecule has 0 radical (unpaired) electrons. The monoisotopic (exact) mass is 275 g/mol. The first kappa shape index (κ1) is 15.5. The van der Waals surface area contributed by atoms with E-state index in [1.54, 1.807) is 0 Å². The van der Waals surface area contributed by atoms with Gasteiger partial charge in [-0.15, -0.1) is 0 Å². The molecule has 2 nitrogen and oxygen atoms in total. The van der Waals surface area contributed by atoms with Crippen molar-refractivity contribution in [2.24, 2.45) is 0 Å². The molecule has 1 aromatic carbocycles. The number of nitrogens with one attached hydrogen (secondary N) is 1. The van der Waals surface area contributed by atoms with E-state index in [1.807, 2.05) is 0 Å². The Kier molecular flexibility index (Phi) is 6.55. The van der Waals surface area contributed by atoms with Crippen LogP contribution in [0.2, 0.25) is 0 Å². The predicted molar refractivity (Wildman–Crippen MR) is 85.1 cm³/mol. The van der Waals surface area contributed by atoms with Crippen LogP contribution in [0, 0.1) is 0 Å². The van der Waals surface area contributed by atoms with E-state index in [2.05, 4.69) is 43.4 Å². The third-order valence-electron chi connectivity index (χ3n) is 4.24. The number of benzene rings is 1. The third-order valence-corrected chi connectivity index (χ3v) is 4.24. The molecule has 0 spiro atoms. The minimum absolute atomic E-state index is 0.283. The van der Waals surface area contributed by atoms with Crippen LogP contribution < -0.4 is 5.32 Å². The van der Waals surface area contributed by atoms with Crippen molar-refractivity contribution in [3.63, 3.8) is 0 Å². The molecule has 1 aromatic rings.